The molecule has 0 aromatic rings. The quantitative estimate of drug-likeness (QED) is 0.406. The van der Waals surface area contributed by atoms with E-state index >= 15 is 0 Å². The maximum atomic E-state index is 11.9. The van der Waals surface area contributed by atoms with E-state index < -0.39 is 17.4 Å². The summed E-state index contributed by atoms with van der Waals surface area (Å²) in [4.78, 5) is 23.9. The molecule has 0 saturated carbocycles. The highest BCUT2D eigenvalue weighted by atomic mass is 16.6. The van der Waals surface area contributed by atoms with Crippen LogP contribution in [0.4, 0.5) is 0 Å². The van der Waals surface area contributed by atoms with Crippen LogP contribution >= 0.6 is 0 Å². The van der Waals surface area contributed by atoms with Crippen molar-refractivity contribution in [1.82, 2.24) is 0 Å². The van der Waals surface area contributed by atoms with Crippen LogP contribution in [-0.2, 0) is 19.1 Å². The van der Waals surface area contributed by atoms with Crippen molar-refractivity contribution < 1.29 is 19.1 Å². The van der Waals surface area contributed by atoms with Crippen LogP contribution in [0.1, 0.15) is 27.7 Å². The van der Waals surface area contributed by atoms with Crippen molar-refractivity contribution >= 4 is 11.9 Å². The first-order valence-corrected chi connectivity index (χ1v) is 5.71. The van der Waals surface area contributed by atoms with Crippen molar-refractivity contribution in [1.29, 1.82) is 0 Å². The first-order chi connectivity index (χ1) is 8.08. The van der Waals surface area contributed by atoms with Crippen LogP contribution in [0.25, 0.3) is 0 Å². The molecule has 0 saturated heterocycles. The fourth-order valence-corrected chi connectivity index (χ4v) is 1.44. The molecule has 0 aromatic carbocycles. The van der Waals surface area contributed by atoms with Gasteiger partial charge in [-0.1, -0.05) is 24.3 Å². The molecular weight excluding hydrogens is 220 g/mol. The molecule has 0 aliphatic carbocycles. The summed E-state index contributed by atoms with van der Waals surface area (Å²) in [5.41, 5.74) is -1.46. The molecule has 0 rings (SSSR count). The maximum absolute atomic E-state index is 11.9. The van der Waals surface area contributed by atoms with Gasteiger partial charge in [-0.15, -0.1) is 0 Å². The van der Waals surface area contributed by atoms with Crippen LogP contribution < -0.4 is 0 Å². The molecule has 0 fully saturated rings. The first kappa shape index (κ1) is 15.4. The Bertz CT molecular complexity index is 283. The lowest BCUT2D eigenvalue weighted by molar-refractivity contribution is -0.164. The lowest BCUT2D eigenvalue weighted by Crippen LogP contribution is -2.39. The van der Waals surface area contributed by atoms with E-state index in [1.54, 1.807) is 39.8 Å². The zero-order chi connectivity index (χ0) is 13.3. The van der Waals surface area contributed by atoms with E-state index in [2.05, 4.69) is 0 Å². The Morgan fingerprint density at radius 3 is 1.53 bits per heavy atom. The van der Waals surface area contributed by atoms with Crippen molar-refractivity contribution in [3.8, 4) is 0 Å². The highest BCUT2D eigenvalue weighted by Gasteiger charge is 2.44. The lowest BCUT2D eigenvalue weighted by atomic mass is 9.87. The van der Waals surface area contributed by atoms with Gasteiger partial charge >= 0.3 is 11.9 Å². The van der Waals surface area contributed by atoms with Crippen molar-refractivity contribution in [3.63, 3.8) is 0 Å². The number of esters is 2. The number of hydrogen-bond acceptors (Lipinski definition) is 4. The smallest absolute Gasteiger partial charge is 0.331 e. The van der Waals surface area contributed by atoms with E-state index in [-0.39, 0.29) is 13.2 Å². The summed E-state index contributed by atoms with van der Waals surface area (Å²) < 4.78 is 9.88. The zero-order valence-corrected chi connectivity index (χ0v) is 10.9. The molecule has 0 spiro atoms. The van der Waals surface area contributed by atoms with Crippen molar-refractivity contribution in [3.05, 3.63) is 24.3 Å². The number of ether oxygens (including phenoxy) is 2. The normalized spacial score (nSPS) is 12.0. The van der Waals surface area contributed by atoms with Crippen molar-refractivity contribution in [2.45, 2.75) is 27.7 Å². The van der Waals surface area contributed by atoms with Gasteiger partial charge in [0.1, 0.15) is 0 Å². The number of rotatable bonds is 6. The van der Waals surface area contributed by atoms with Gasteiger partial charge in [0, 0.05) is 0 Å². The van der Waals surface area contributed by atoms with E-state index in [1.165, 1.54) is 12.2 Å². The van der Waals surface area contributed by atoms with Gasteiger partial charge in [-0.05, 0) is 27.7 Å². The Labute approximate surface area is 102 Å². The van der Waals surface area contributed by atoms with Gasteiger partial charge in [0.2, 0.25) is 5.41 Å². The molecule has 0 radical (unpaired) electrons. The summed E-state index contributed by atoms with van der Waals surface area (Å²) in [6, 6.07) is 0. The highest BCUT2D eigenvalue weighted by molar-refractivity contribution is 6.04. The molecule has 0 unspecified atom stereocenters. The number of allylic oxidation sites excluding steroid dienone is 2. The summed E-state index contributed by atoms with van der Waals surface area (Å²) >= 11 is 0. The van der Waals surface area contributed by atoms with Gasteiger partial charge in [-0.2, -0.15) is 0 Å². The third kappa shape index (κ3) is 3.73. The number of carbonyl (C=O) groups excluding carboxylic acids is 2. The standard InChI is InChI=1S/C13H20O4/c1-5-9-13(10-6-2,11(14)16-7-3)12(15)17-8-4/h5-6,9-10H,7-8H2,1-4H3/b9-5+,10-6+. The summed E-state index contributed by atoms with van der Waals surface area (Å²) in [6.45, 7) is 7.29. The van der Waals surface area contributed by atoms with Gasteiger partial charge in [0.15, 0.2) is 0 Å². The number of carbonyl (C=O) groups is 2. The summed E-state index contributed by atoms with van der Waals surface area (Å²) in [5, 5.41) is 0. The molecule has 0 aromatic heterocycles. The fourth-order valence-electron chi connectivity index (χ4n) is 1.44. The topological polar surface area (TPSA) is 52.6 Å². The van der Waals surface area contributed by atoms with E-state index in [4.69, 9.17) is 9.47 Å². The van der Waals surface area contributed by atoms with Gasteiger partial charge in [-0.25, -0.2) is 0 Å². The largest absolute Gasteiger partial charge is 0.465 e. The van der Waals surface area contributed by atoms with Crippen LogP contribution in [0.5, 0.6) is 0 Å². The van der Waals surface area contributed by atoms with Gasteiger partial charge in [0.05, 0.1) is 13.2 Å². The van der Waals surface area contributed by atoms with Gasteiger partial charge < -0.3 is 9.47 Å². The van der Waals surface area contributed by atoms with Crippen LogP contribution in [-0.4, -0.2) is 25.2 Å². The summed E-state index contributed by atoms with van der Waals surface area (Å²) in [7, 11) is 0. The third-order valence-electron chi connectivity index (χ3n) is 2.09. The average molecular weight is 240 g/mol. The fraction of sp³-hybridized carbons (Fsp3) is 0.538. The van der Waals surface area contributed by atoms with Gasteiger partial charge in [0.25, 0.3) is 0 Å². The second-order valence-electron chi connectivity index (χ2n) is 3.31. The highest BCUT2D eigenvalue weighted by Crippen LogP contribution is 2.26. The molecule has 0 atom stereocenters. The molecule has 4 nitrogen and oxygen atoms in total. The molecule has 0 aliphatic heterocycles. The predicted molar refractivity (Wildman–Crippen MR) is 65.3 cm³/mol. The zero-order valence-electron chi connectivity index (χ0n) is 10.9. The minimum Gasteiger partial charge on any atom is -0.465 e. The Morgan fingerprint density at radius 2 is 1.29 bits per heavy atom. The van der Waals surface area contributed by atoms with Crippen LogP contribution in [0.15, 0.2) is 24.3 Å². The lowest BCUT2D eigenvalue weighted by Gasteiger charge is -2.22. The van der Waals surface area contributed by atoms with Crippen LogP contribution in [0, 0.1) is 5.41 Å². The minimum absolute atomic E-state index is 0.217. The van der Waals surface area contributed by atoms with E-state index in [1.807, 2.05) is 0 Å². The second kappa shape index (κ2) is 7.65. The first-order valence-electron chi connectivity index (χ1n) is 5.71. The third-order valence-corrected chi connectivity index (χ3v) is 2.09. The monoisotopic (exact) mass is 240 g/mol. The molecule has 4 heteroatoms. The SMILES string of the molecule is C/C=C/C(/C=C/C)(C(=O)OCC)C(=O)OCC. The molecular formula is C13H20O4. The molecule has 0 bridgehead atoms. The van der Waals surface area contributed by atoms with Gasteiger partial charge in [-0.3, -0.25) is 9.59 Å². The molecule has 0 N–H and O–H groups in total. The van der Waals surface area contributed by atoms with E-state index in [0.717, 1.165) is 0 Å². The van der Waals surface area contributed by atoms with Crippen LogP contribution in [0.2, 0.25) is 0 Å². The molecule has 17 heavy (non-hydrogen) atoms. The van der Waals surface area contributed by atoms with E-state index in [9.17, 15) is 9.59 Å². The Morgan fingerprint density at radius 1 is 0.941 bits per heavy atom. The second-order valence-corrected chi connectivity index (χ2v) is 3.31. The van der Waals surface area contributed by atoms with Crippen molar-refractivity contribution in [2.75, 3.05) is 13.2 Å². The average Bonchev–Trinajstić information content (AvgIpc) is 2.29. The Kier molecular flexibility index (Phi) is 6.94. The maximum Gasteiger partial charge on any atom is 0.331 e. The van der Waals surface area contributed by atoms with Crippen LogP contribution in [0.3, 0.4) is 0 Å². The molecule has 96 valence electrons. The van der Waals surface area contributed by atoms with Crippen molar-refractivity contribution in [2.24, 2.45) is 5.41 Å². The summed E-state index contributed by atoms with van der Waals surface area (Å²) in [6.07, 6.45) is 6.24. The minimum atomic E-state index is -1.46. The molecule has 0 aliphatic rings. The van der Waals surface area contributed by atoms with E-state index in [0.29, 0.717) is 0 Å². The Balaban J connectivity index is 5.41. The predicted octanol–water partition coefficient (Wildman–Crippen LogP) is 2.25. The number of hydrogen-bond donors (Lipinski definition) is 0. The molecule has 0 amide bonds. The summed E-state index contributed by atoms with van der Waals surface area (Å²) in [5.74, 6) is -1.23. The molecule has 0 heterocycles. The Hall–Kier alpha value is -1.58.